The number of hydrogen-bond donors (Lipinski definition) is 1. The van der Waals surface area contributed by atoms with Crippen LogP contribution in [0.2, 0.25) is 0 Å². The van der Waals surface area contributed by atoms with Crippen LogP contribution in [-0.4, -0.2) is 36.3 Å². The number of hydrogen-bond acceptors (Lipinski definition) is 5. The van der Waals surface area contributed by atoms with Gasteiger partial charge in [0.1, 0.15) is 0 Å². The minimum atomic E-state index is -3.48. The molecule has 1 aromatic carbocycles. The summed E-state index contributed by atoms with van der Waals surface area (Å²) in [7, 11) is -3.48. The van der Waals surface area contributed by atoms with Gasteiger partial charge < -0.3 is 5.73 Å². The molecule has 1 heterocycles. The molecule has 1 aliphatic rings. The second-order valence-corrected chi connectivity index (χ2v) is 7.63. The molecule has 0 aromatic heterocycles. The van der Waals surface area contributed by atoms with Gasteiger partial charge in [-0.25, -0.2) is 8.42 Å². The predicted octanol–water partition coefficient (Wildman–Crippen LogP) is 2.05. The van der Waals surface area contributed by atoms with Gasteiger partial charge in [-0.15, -0.1) is 12.4 Å². The van der Waals surface area contributed by atoms with Gasteiger partial charge in [0, 0.05) is 30.8 Å². The lowest BCUT2D eigenvalue weighted by molar-refractivity contribution is -0.384. The Morgan fingerprint density at radius 3 is 2.48 bits per heavy atom. The molecular weight excluding hydrogens is 342 g/mol. The van der Waals surface area contributed by atoms with Crippen molar-refractivity contribution in [2.45, 2.75) is 44.0 Å². The summed E-state index contributed by atoms with van der Waals surface area (Å²) in [6.45, 7) is 2.31. The SMILES string of the molecule is CC(N)C1CCCCN1S(=O)(=O)Cc1ccc([N+](=O)[O-])cc1.Cl. The number of piperidine rings is 1. The normalized spacial score (nSPS) is 20.5. The third kappa shape index (κ3) is 4.87. The second-order valence-electron chi connectivity index (χ2n) is 5.71. The molecule has 0 spiro atoms. The Kier molecular flexibility index (Phi) is 6.94. The first kappa shape index (κ1) is 19.8. The summed E-state index contributed by atoms with van der Waals surface area (Å²) in [6.07, 6.45) is 2.59. The lowest BCUT2D eigenvalue weighted by Gasteiger charge is -2.36. The van der Waals surface area contributed by atoms with Gasteiger partial charge >= 0.3 is 0 Å². The smallest absolute Gasteiger partial charge is 0.269 e. The Morgan fingerprint density at radius 1 is 1.35 bits per heavy atom. The Hall–Kier alpha value is -1.22. The van der Waals surface area contributed by atoms with Crippen LogP contribution in [0, 0.1) is 10.1 Å². The standard InChI is InChI=1S/C14H21N3O4S.ClH/c1-11(15)14-4-2-3-9-16(14)22(20,21)10-12-5-7-13(8-6-12)17(18)19;/h5-8,11,14H,2-4,9-10,15H2,1H3;1H. The van der Waals surface area contributed by atoms with Crippen molar-refractivity contribution < 1.29 is 13.3 Å². The van der Waals surface area contributed by atoms with Gasteiger partial charge in [0.05, 0.1) is 10.7 Å². The molecular formula is C14H22ClN3O4S. The van der Waals surface area contributed by atoms with Gasteiger partial charge in [0.25, 0.3) is 5.69 Å². The van der Waals surface area contributed by atoms with Crippen molar-refractivity contribution in [3.63, 3.8) is 0 Å². The topological polar surface area (TPSA) is 107 Å². The van der Waals surface area contributed by atoms with Crippen molar-refractivity contribution in [3.05, 3.63) is 39.9 Å². The fraction of sp³-hybridized carbons (Fsp3) is 0.571. The molecule has 2 rings (SSSR count). The zero-order valence-electron chi connectivity index (χ0n) is 12.9. The average Bonchev–Trinajstić information content (AvgIpc) is 2.47. The molecule has 2 atom stereocenters. The van der Waals surface area contributed by atoms with Crippen molar-refractivity contribution in [2.75, 3.05) is 6.54 Å². The van der Waals surface area contributed by atoms with Crippen molar-refractivity contribution in [1.82, 2.24) is 4.31 Å². The fourth-order valence-corrected chi connectivity index (χ4v) is 4.71. The molecule has 1 saturated heterocycles. The first-order chi connectivity index (χ1) is 10.3. The maximum Gasteiger partial charge on any atom is 0.269 e. The Balaban J connectivity index is 0.00000264. The molecule has 0 amide bonds. The van der Waals surface area contributed by atoms with Crippen molar-refractivity contribution in [1.29, 1.82) is 0 Å². The minimum Gasteiger partial charge on any atom is -0.326 e. The highest BCUT2D eigenvalue weighted by atomic mass is 35.5. The van der Waals surface area contributed by atoms with Gasteiger partial charge in [0.15, 0.2) is 0 Å². The van der Waals surface area contributed by atoms with E-state index in [0.717, 1.165) is 19.3 Å². The molecule has 2 N–H and O–H groups in total. The first-order valence-corrected chi connectivity index (χ1v) is 8.90. The van der Waals surface area contributed by atoms with E-state index in [1.165, 1.54) is 28.6 Å². The molecule has 2 unspecified atom stereocenters. The van der Waals surface area contributed by atoms with Crippen LogP contribution >= 0.6 is 12.4 Å². The highest BCUT2D eigenvalue weighted by Crippen LogP contribution is 2.25. The van der Waals surface area contributed by atoms with Crippen LogP contribution in [0.5, 0.6) is 0 Å². The zero-order valence-corrected chi connectivity index (χ0v) is 14.6. The molecule has 0 bridgehead atoms. The predicted molar refractivity (Wildman–Crippen MR) is 91.0 cm³/mol. The molecule has 0 aliphatic carbocycles. The summed E-state index contributed by atoms with van der Waals surface area (Å²) in [5.74, 6) is -0.159. The number of benzene rings is 1. The molecule has 130 valence electrons. The molecule has 7 nitrogen and oxygen atoms in total. The first-order valence-electron chi connectivity index (χ1n) is 7.29. The molecule has 1 aliphatic heterocycles. The fourth-order valence-electron chi connectivity index (χ4n) is 2.81. The van der Waals surface area contributed by atoms with Gasteiger partial charge in [-0.2, -0.15) is 4.31 Å². The van der Waals surface area contributed by atoms with E-state index in [9.17, 15) is 18.5 Å². The molecule has 0 radical (unpaired) electrons. The summed E-state index contributed by atoms with van der Waals surface area (Å²) >= 11 is 0. The highest BCUT2D eigenvalue weighted by Gasteiger charge is 2.34. The van der Waals surface area contributed by atoms with Crippen LogP contribution in [0.1, 0.15) is 31.7 Å². The van der Waals surface area contributed by atoms with E-state index in [0.29, 0.717) is 12.1 Å². The quantitative estimate of drug-likeness (QED) is 0.636. The van der Waals surface area contributed by atoms with Crippen LogP contribution < -0.4 is 5.73 Å². The summed E-state index contributed by atoms with van der Waals surface area (Å²) < 4.78 is 26.8. The lowest BCUT2D eigenvalue weighted by atomic mass is 10.00. The van der Waals surface area contributed by atoms with Crippen molar-refractivity contribution in [3.8, 4) is 0 Å². The molecule has 23 heavy (non-hydrogen) atoms. The van der Waals surface area contributed by atoms with Gasteiger partial charge in [-0.05, 0) is 25.3 Å². The van der Waals surface area contributed by atoms with Crippen molar-refractivity contribution in [2.24, 2.45) is 5.73 Å². The van der Waals surface area contributed by atoms with Gasteiger partial charge in [-0.3, -0.25) is 10.1 Å². The molecule has 1 fully saturated rings. The minimum absolute atomic E-state index is 0. The Labute approximate surface area is 142 Å². The van der Waals surface area contributed by atoms with E-state index in [1.807, 2.05) is 6.92 Å². The average molecular weight is 364 g/mol. The van der Waals surface area contributed by atoms with Gasteiger partial charge in [0.2, 0.25) is 10.0 Å². The maximum atomic E-state index is 12.6. The van der Waals surface area contributed by atoms with Gasteiger partial charge in [-0.1, -0.05) is 18.6 Å². The van der Waals surface area contributed by atoms with E-state index < -0.39 is 14.9 Å². The summed E-state index contributed by atoms with van der Waals surface area (Å²) in [4.78, 5) is 10.1. The highest BCUT2D eigenvalue weighted by molar-refractivity contribution is 7.88. The Bertz CT molecular complexity index is 634. The molecule has 1 aromatic rings. The zero-order chi connectivity index (χ0) is 16.3. The summed E-state index contributed by atoms with van der Waals surface area (Å²) in [5, 5.41) is 10.6. The molecule has 0 saturated carbocycles. The number of non-ortho nitro benzene ring substituents is 1. The number of rotatable bonds is 5. The van der Waals surface area contributed by atoms with E-state index in [1.54, 1.807) is 0 Å². The maximum absolute atomic E-state index is 12.6. The lowest BCUT2D eigenvalue weighted by Crippen LogP contribution is -2.51. The van der Waals surface area contributed by atoms with Crippen molar-refractivity contribution >= 4 is 28.1 Å². The number of nitro groups is 1. The van der Waals surface area contributed by atoms with E-state index in [2.05, 4.69) is 0 Å². The number of halogens is 1. The number of nitrogens with two attached hydrogens (primary N) is 1. The van der Waals surface area contributed by atoms with Crippen LogP contribution in [0.25, 0.3) is 0 Å². The van der Waals surface area contributed by atoms with Crippen LogP contribution in [-0.2, 0) is 15.8 Å². The number of nitrogens with zero attached hydrogens (tertiary/aromatic N) is 2. The van der Waals surface area contributed by atoms with Crippen LogP contribution in [0.15, 0.2) is 24.3 Å². The number of nitro benzene ring substituents is 1. The second kappa shape index (κ2) is 8.05. The third-order valence-corrected chi connectivity index (χ3v) is 5.82. The van der Waals surface area contributed by atoms with Crippen LogP contribution in [0.3, 0.4) is 0 Å². The van der Waals surface area contributed by atoms with Crippen LogP contribution in [0.4, 0.5) is 5.69 Å². The van der Waals surface area contributed by atoms with E-state index in [-0.39, 0.29) is 35.9 Å². The Morgan fingerprint density at radius 2 is 1.96 bits per heavy atom. The molecule has 9 heteroatoms. The monoisotopic (exact) mass is 363 g/mol. The van der Waals surface area contributed by atoms with E-state index in [4.69, 9.17) is 5.73 Å². The number of sulfonamides is 1. The largest absolute Gasteiger partial charge is 0.326 e. The summed E-state index contributed by atoms with van der Waals surface area (Å²) in [5.41, 5.74) is 6.41. The summed E-state index contributed by atoms with van der Waals surface area (Å²) in [6, 6.07) is 5.23. The van der Waals surface area contributed by atoms with E-state index >= 15 is 0 Å². The third-order valence-electron chi connectivity index (χ3n) is 3.96.